The molecule has 0 saturated carbocycles. The molecule has 32 heavy (non-hydrogen) atoms. The molecule has 2 aliphatic heterocycles. The molecule has 0 radical (unpaired) electrons. The molecule has 2 aliphatic rings. The van der Waals surface area contributed by atoms with Gasteiger partial charge in [-0.3, -0.25) is 4.79 Å². The molecule has 3 rings (SSSR count). The second kappa shape index (κ2) is 14.7. The second-order valence-corrected chi connectivity index (χ2v) is 8.50. The molecule has 1 atom stereocenters. The summed E-state index contributed by atoms with van der Waals surface area (Å²) >= 11 is 0. The minimum absolute atomic E-state index is 0. The molecule has 8 heteroatoms. The van der Waals surface area contributed by atoms with Crippen LogP contribution in [0.3, 0.4) is 0 Å². The van der Waals surface area contributed by atoms with Crippen LogP contribution in [0.5, 0.6) is 0 Å². The minimum Gasteiger partial charge on any atom is -0.376 e. The van der Waals surface area contributed by atoms with Crippen molar-refractivity contribution in [1.82, 2.24) is 20.9 Å². The van der Waals surface area contributed by atoms with Crippen molar-refractivity contribution in [2.75, 3.05) is 39.3 Å². The van der Waals surface area contributed by atoms with Crippen LogP contribution >= 0.6 is 24.0 Å². The number of ether oxygens (including phenoxy) is 1. The van der Waals surface area contributed by atoms with Gasteiger partial charge in [0.15, 0.2) is 5.96 Å². The highest BCUT2D eigenvalue weighted by atomic mass is 127. The SMILES string of the molecule is CCCN1CCC(NC(=NCc2cccc(C(=O)NCC3CCCO3)c2)NCC)CC1.I. The van der Waals surface area contributed by atoms with Crippen LogP contribution in [0, 0.1) is 0 Å². The molecule has 1 aromatic rings. The smallest absolute Gasteiger partial charge is 0.251 e. The first-order valence-electron chi connectivity index (χ1n) is 11.9. The lowest BCUT2D eigenvalue weighted by atomic mass is 10.1. The predicted octanol–water partition coefficient (Wildman–Crippen LogP) is 3.14. The Morgan fingerprint density at radius 3 is 2.69 bits per heavy atom. The summed E-state index contributed by atoms with van der Waals surface area (Å²) in [7, 11) is 0. The van der Waals surface area contributed by atoms with Gasteiger partial charge >= 0.3 is 0 Å². The molecular formula is C24H40IN5O2. The van der Waals surface area contributed by atoms with E-state index in [2.05, 4.69) is 34.7 Å². The van der Waals surface area contributed by atoms with E-state index in [-0.39, 0.29) is 36.0 Å². The van der Waals surface area contributed by atoms with Crippen molar-refractivity contribution < 1.29 is 9.53 Å². The average Bonchev–Trinajstić information content (AvgIpc) is 3.31. The number of hydrogen-bond donors (Lipinski definition) is 3. The second-order valence-electron chi connectivity index (χ2n) is 8.50. The molecule has 0 spiro atoms. The summed E-state index contributed by atoms with van der Waals surface area (Å²) in [6.07, 6.45) is 5.75. The zero-order chi connectivity index (χ0) is 21.9. The highest BCUT2D eigenvalue weighted by Gasteiger charge is 2.19. The van der Waals surface area contributed by atoms with Crippen LogP contribution in [0.25, 0.3) is 0 Å². The Kier molecular flexibility index (Phi) is 12.3. The first-order valence-corrected chi connectivity index (χ1v) is 11.9. The van der Waals surface area contributed by atoms with E-state index in [9.17, 15) is 4.79 Å². The van der Waals surface area contributed by atoms with Gasteiger partial charge in [0.2, 0.25) is 0 Å². The monoisotopic (exact) mass is 557 g/mol. The number of hydrogen-bond acceptors (Lipinski definition) is 4. The molecule has 7 nitrogen and oxygen atoms in total. The number of nitrogens with zero attached hydrogens (tertiary/aromatic N) is 2. The van der Waals surface area contributed by atoms with Gasteiger partial charge in [0.1, 0.15) is 0 Å². The first kappa shape index (κ1) is 26.9. The molecule has 2 fully saturated rings. The topological polar surface area (TPSA) is 78.0 Å². The summed E-state index contributed by atoms with van der Waals surface area (Å²) in [5.41, 5.74) is 1.70. The Hall–Kier alpha value is -1.39. The molecule has 1 amide bonds. The molecule has 0 aliphatic carbocycles. The third-order valence-corrected chi connectivity index (χ3v) is 5.94. The summed E-state index contributed by atoms with van der Waals surface area (Å²) in [5, 5.41) is 9.95. The number of guanidine groups is 1. The van der Waals surface area contributed by atoms with Gasteiger partial charge in [-0.25, -0.2) is 4.99 Å². The highest BCUT2D eigenvalue weighted by Crippen LogP contribution is 2.12. The van der Waals surface area contributed by atoms with Crippen LogP contribution in [-0.2, 0) is 11.3 Å². The third-order valence-electron chi connectivity index (χ3n) is 5.94. The molecule has 2 heterocycles. The first-order chi connectivity index (χ1) is 15.2. The fraction of sp³-hybridized carbons (Fsp3) is 0.667. The zero-order valence-corrected chi connectivity index (χ0v) is 21.9. The number of carbonyl (C=O) groups excluding carboxylic acids is 1. The Morgan fingerprint density at radius 2 is 2.00 bits per heavy atom. The van der Waals surface area contributed by atoms with Crippen molar-refractivity contribution in [2.24, 2.45) is 4.99 Å². The van der Waals surface area contributed by atoms with E-state index in [0.29, 0.717) is 24.7 Å². The third kappa shape index (κ3) is 8.86. The number of rotatable bonds is 9. The lowest BCUT2D eigenvalue weighted by Crippen LogP contribution is -2.48. The van der Waals surface area contributed by atoms with Crippen molar-refractivity contribution >= 4 is 35.8 Å². The van der Waals surface area contributed by atoms with E-state index in [4.69, 9.17) is 9.73 Å². The van der Waals surface area contributed by atoms with Gasteiger partial charge in [0, 0.05) is 44.4 Å². The summed E-state index contributed by atoms with van der Waals surface area (Å²) in [6.45, 7) is 10.5. The number of aliphatic imine (C=N–C) groups is 1. The Bertz CT molecular complexity index is 716. The highest BCUT2D eigenvalue weighted by molar-refractivity contribution is 14.0. The lowest BCUT2D eigenvalue weighted by molar-refractivity contribution is 0.0857. The van der Waals surface area contributed by atoms with Gasteiger partial charge in [-0.2, -0.15) is 0 Å². The van der Waals surface area contributed by atoms with E-state index < -0.39 is 0 Å². The van der Waals surface area contributed by atoms with E-state index in [1.54, 1.807) is 0 Å². The molecule has 3 N–H and O–H groups in total. The van der Waals surface area contributed by atoms with Crippen molar-refractivity contribution in [3.05, 3.63) is 35.4 Å². The number of nitrogens with one attached hydrogen (secondary N) is 3. The maximum absolute atomic E-state index is 12.5. The molecule has 2 saturated heterocycles. The van der Waals surface area contributed by atoms with Crippen LogP contribution in [-0.4, -0.2) is 68.2 Å². The summed E-state index contributed by atoms with van der Waals surface area (Å²) in [5.74, 6) is 0.801. The van der Waals surface area contributed by atoms with Gasteiger partial charge < -0.3 is 25.6 Å². The van der Waals surface area contributed by atoms with E-state index in [1.807, 2.05) is 24.3 Å². The Balaban J connectivity index is 0.00000363. The molecule has 0 bridgehead atoms. The molecule has 1 aromatic carbocycles. The lowest BCUT2D eigenvalue weighted by Gasteiger charge is -2.32. The standard InChI is InChI=1S/C24H39N5O2.HI/c1-3-12-29-13-10-21(11-14-29)28-24(25-4-2)27-17-19-7-5-8-20(16-19)23(30)26-18-22-9-6-15-31-22;/h5,7-8,16,21-22H,3-4,6,9-15,17-18H2,1-2H3,(H,26,30)(H2,25,27,28);1H. The van der Waals surface area contributed by atoms with Gasteiger partial charge in [-0.1, -0.05) is 19.1 Å². The van der Waals surface area contributed by atoms with Crippen molar-refractivity contribution in [3.63, 3.8) is 0 Å². The van der Waals surface area contributed by atoms with Crippen LogP contribution in [0.2, 0.25) is 0 Å². The van der Waals surface area contributed by atoms with E-state index in [0.717, 1.165) is 63.4 Å². The largest absolute Gasteiger partial charge is 0.376 e. The van der Waals surface area contributed by atoms with Crippen molar-refractivity contribution in [2.45, 2.75) is 64.6 Å². The van der Waals surface area contributed by atoms with Crippen LogP contribution in [0.15, 0.2) is 29.3 Å². The van der Waals surface area contributed by atoms with Gasteiger partial charge in [-0.15, -0.1) is 24.0 Å². The summed E-state index contributed by atoms with van der Waals surface area (Å²) < 4.78 is 5.58. The fourth-order valence-electron chi connectivity index (χ4n) is 4.23. The molecule has 1 unspecified atom stereocenters. The zero-order valence-electron chi connectivity index (χ0n) is 19.6. The fourth-order valence-corrected chi connectivity index (χ4v) is 4.23. The molecule has 0 aromatic heterocycles. The number of carbonyl (C=O) groups is 1. The van der Waals surface area contributed by atoms with Crippen molar-refractivity contribution in [1.29, 1.82) is 0 Å². The van der Waals surface area contributed by atoms with Crippen LogP contribution in [0.1, 0.15) is 61.9 Å². The Morgan fingerprint density at radius 1 is 1.19 bits per heavy atom. The minimum atomic E-state index is -0.0507. The van der Waals surface area contributed by atoms with Gasteiger partial charge in [0.25, 0.3) is 5.91 Å². The number of amides is 1. The van der Waals surface area contributed by atoms with Crippen LogP contribution in [0.4, 0.5) is 0 Å². The number of benzene rings is 1. The maximum Gasteiger partial charge on any atom is 0.251 e. The predicted molar refractivity (Wildman–Crippen MR) is 141 cm³/mol. The maximum atomic E-state index is 12.5. The van der Waals surface area contributed by atoms with E-state index >= 15 is 0 Å². The van der Waals surface area contributed by atoms with Gasteiger partial charge in [-0.05, 0) is 63.3 Å². The number of piperidine rings is 1. The summed E-state index contributed by atoms with van der Waals surface area (Å²) in [6, 6.07) is 8.19. The number of halogens is 1. The van der Waals surface area contributed by atoms with Crippen molar-refractivity contribution in [3.8, 4) is 0 Å². The normalized spacial score (nSPS) is 19.9. The quantitative estimate of drug-likeness (QED) is 0.247. The molecular weight excluding hydrogens is 517 g/mol. The van der Waals surface area contributed by atoms with Crippen LogP contribution < -0.4 is 16.0 Å². The number of likely N-dealkylation sites (tertiary alicyclic amines) is 1. The van der Waals surface area contributed by atoms with E-state index in [1.165, 1.54) is 13.0 Å². The average molecular weight is 558 g/mol. The Labute approximate surface area is 210 Å². The summed E-state index contributed by atoms with van der Waals surface area (Å²) in [4.78, 5) is 19.8. The molecule has 180 valence electrons. The van der Waals surface area contributed by atoms with Gasteiger partial charge in [0.05, 0.1) is 12.6 Å².